The Kier molecular flexibility index (Phi) is 4.84. The van der Waals surface area contributed by atoms with Gasteiger partial charge in [-0.3, -0.25) is 4.79 Å². The standard InChI is InChI=1S/C15H22N2O3/c1-19-14-9-12(17-6-4-3-5-7-17)15(20-2)8-11(14)13(18)10-16/h8-9H,3-7,10,16H2,1-2H3. The molecular formula is C15H22N2O3. The molecular weight excluding hydrogens is 256 g/mol. The van der Waals surface area contributed by atoms with Gasteiger partial charge in [-0.25, -0.2) is 0 Å². The minimum Gasteiger partial charge on any atom is -0.496 e. The zero-order chi connectivity index (χ0) is 14.5. The van der Waals surface area contributed by atoms with Crippen LogP contribution in [0.4, 0.5) is 5.69 Å². The van der Waals surface area contributed by atoms with Gasteiger partial charge in [0.05, 0.1) is 32.0 Å². The number of ether oxygens (including phenoxy) is 2. The molecule has 1 fully saturated rings. The van der Waals surface area contributed by atoms with Crippen LogP contribution >= 0.6 is 0 Å². The van der Waals surface area contributed by atoms with Crippen molar-refractivity contribution < 1.29 is 14.3 Å². The predicted octanol–water partition coefficient (Wildman–Crippen LogP) is 1.84. The summed E-state index contributed by atoms with van der Waals surface area (Å²) in [5.41, 5.74) is 6.91. The third-order valence-electron chi connectivity index (χ3n) is 3.68. The topological polar surface area (TPSA) is 64.8 Å². The molecule has 1 aliphatic rings. The van der Waals surface area contributed by atoms with E-state index < -0.39 is 0 Å². The van der Waals surface area contributed by atoms with Gasteiger partial charge in [0.25, 0.3) is 0 Å². The van der Waals surface area contributed by atoms with E-state index in [9.17, 15) is 4.79 Å². The summed E-state index contributed by atoms with van der Waals surface area (Å²) in [6, 6.07) is 3.62. The average molecular weight is 278 g/mol. The number of carbonyl (C=O) groups excluding carboxylic acids is 1. The molecule has 1 saturated heterocycles. The number of Topliss-reactive ketones (excluding diaryl/α,β-unsaturated/α-hetero) is 1. The Hall–Kier alpha value is -1.75. The molecule has 1 heterocycles. The summed E-state index contributed by atoms with van der Waals surface area (Å²) < 4.78 is 10.8. The van der Waals surface area contributed by atoms with Gasteiger partial charge >= 0.3 is 0 Å². The summed E-state index contributed by atoms with van der Waals surface area (Å²) in [5.74, 6) is 1.11. The van der Waals surface area contributed by atoms with Gasteiger partial charge in [-0.05, 0) is 25.3 Å². The van der Waals surface area contributed by atoms with Crippen molar-refractivity contribution in [3.63, 3.8) is 0 Å². The summed E-state index contributed by atoms with van der Waals surface area (Å²) in [6.07, 6.45) is 3.61. The van der Waals surface area contributed by atoms with Crippen LogP contribution in [0.15, 0.2) is 12.1 Å². The second-order valence-electron chi connectivity index (χ2n) is 4.90. The summed E-state index contributed by atoms with van der Waals surface area (Å²) in [5, 5.41) is 0. The van der Waals surface area contributed by atoms with E-state index in [2.05, 4.69) is 4.90 Å². The number of piperidine rings is 1. The van der Waals surface area contributed by atoms with Crippen LogP contribution < -0.4 is 20.1 Å². The van der Waals surface area contributed by atoms with E-state index in [0.29, 0.717) is 17.1 Å². The fourth-order valence-electron chi connectivity index (χ4n) is 2.59. The van der Waals surface area contributed by atoms with Crippen LogP contribution in [0.5, 0.6) is 11.5 Å². The maximum atomic E-state index is 11.9. The van der Waals surface area contributed by atoms with Crippen LogP contribution in [0, 0.1) is 0 Å². The second kappa shape index (κ2) is 6.61. The first kappa shape index (κ1) is 14.7. The van der Waals surface area contributed by atoms with Gasteiger partial charge in [0.15, 0.2) is 5.78 Å². The third kappa shape index (κ3) is 2.88. The van der Waals surface area contributed by atoms with Gasteiger partial charge in [0.2, 0.25) is 0 Å². The Morgan fingerprint density at radius 2 is 1.80 bits per heavy atom. The molecule has 0 bridgehead atoms. The maximum Gasteiger partial charge on any atom is 0.180 e. The minimum absolute atomic E-state index is 0.0391. The highest BCUT2D eigenvalue weighted by molar-refractivity contribution is 6.01. The van der Waals surface area contributed by atoms with Crippen LogP contribution in [-0.2, 0) is 0 Å². The van der Waals surface area contributed by atoms with E-state index in [4.69, 9.17) is 15.2 Å². The van der Waals surface area contributed by atoms with Crippen molar-refractivity contribution in [2.24, 2.45) is 5.73 Å². The molecule has 1 aromatic carbocycles. The van der Waals surface area contributed by atoms with Crippen molar-refractivity contribution in [2.45, 2.75) is 19.3 Å². The molecule has 5 nitrogen and oxygen atoms in total. The molecule has 0 aromatic heterocycles. The Bertz CT molecular complexity index is 482. The molecule has 20 heavy (non-hydrogen) atoms. The zero-order valence-corrected chi connectivity index (χ0v) is 12.1. The van der Waals surface area contributed by atoms with Crippen molar-refractivity contribution in [2.75, 3.05) is 38.8 Å². The van der Waals surface area contributed by atoms with Crippen molar-refractivity contribution in [1.82, 2.24) is 0 Å². The van der Waals surface area contributed by atoms with Crippen molar-refractivity contribution >= 4 is 11.5 Å². The van der Waals surface area contributed by atoms with E-state index in [0.717, 1.165) is 18.8 Å². The number of nitrogens with zero attached hydrogens (tertiary/aromatic N) is 1. The van der Waals surface area contributed by atoms with Crippen molar-refractivity contribution in [3.05, 3.63) is 17.7 Å². The van der Waals surface area contributed by atoms with Crippen LogP contribution in [0.3, 0.4) is 0 Å². The minimum atomic E-state index is -0.148. The van der Waals surface area contributed by atoms with Crippen LogP contribution in [0.1, 0.15) is 29.6 Å². The summed E-state index contributed by atoms with van der Waals surface area (Å²) >= 11 is 0. The number of carbonyl (C=O) groups is 1. The summed E-state index contributed by atoms with van der Waals surface area (Å²) in [6.45, 7) is 1.97. The van der Waals surface area contributed by atoms with Gasteiger partial charge in [0.1, 0.15) is 11.5 Å². The fourth-order valence-corrected chi connectivity index (χ4v) is 2.59. The predicted molar refractivity (Wildman–Crippen MR) is 79.0 cm³/mol. The highest BCUT2D eigenvalue weighted by atomic mass is 16.5. The van der Waals surface area contributed by atoms with E-state index >= 15 is 0 Å². The van der Waals surface area contributed by atoms with Gasteiger partial charge < -0.3 is 20.1 Å². The van der Waals surface area contributed by atoms with E-state index in [1.54, 1.807) is 20.3 Å². The second-order valence-corrected chi connectivity index (χ2v) is 4.90. The molecule has 2 rings (SSSR count). The highest BCUT2D eigenvalue weighted by Gasteiger charge is 2.20. The first-order chi connectivity index (χ1) is 9.71. The first-order valence-corrected chi connectivity index (χ1v) is 6.95. The summed E-state index contributed by atoms with van der Waals surface area (Å²) in [7, 11) is 3.18. The van der Waals surface area contributed by atoms with E-state index in [1.165, 1.54) is 19.3 Å². The lowest BCUT2D eigenvalue weighted by Gasteiger charge is -2.30. The highest BCUT2D eigenvalue weighted by Crippen LogP contribution is 2.36. The molecule has 0 amide bonds. The molecule has 1 aromatic rings. The Balaban J connectivity index is 2.43. The number of rotatable bonds is 5. The molecule has 0 saturated carbocycles. The fraction of sp³-hybridized carbons (Fsp3) is 0.533. The number of nitrogens with two attached hydrogens (primary N) is 1. The number of hydrogen-bond donors (Lipinski definition) is 1. The van der Waals surface area contributed by atoms with Gasteiger partial charge in [-0.15, -0.1) is 0 Å². The van der Waals surface area contributed by atoms with Crippen LogP contribution in [0.25, 0.3) is 0 Å². The molecule has 2 N–H and O–H groups in total. The van der Waals surface area contributed by atoms with Gasteiger partial charge in [-0.1, -0.05) is 0 Å². The molecule has 5 heteroatoms. The number of anilines is 1. The first-order valence-electron chi connectivity index (χ1n) is 6.95. The van der Waals surface area contributed by atoms with Crippen molar-refractivity contribution in [3.8, 4) is 11.5 Å². The molecule has 0 spiro atoms. The van der Waals surface area contributed by atoms with Crippen LogP contribution in [0.2, 0.25) is 0 Å². The Labute approximate surface area is 119 Å². The van der Waals surface area contributed by atoms with Crippen LogP contribution in [-0.4, -0.2) is 39.6 Å². The molecule has 0 radical (unpaired) electrons. The van der Waals surface area contributed by atoms with E-state index in [-0.39, 0.29) is 12.3 Å². The lowest BCUT2D eigenvalue weighted by molar-refractivity contribution is 0.0998. The molecule has 1 aliphatic heterocycles. The normalized spacial score (nSPS) is 15.1. The number of methoxy groups -OCH3 is 2. The smallest absolute Gasteiger partial charge is 0.180 e. The number of benzene rings is 1. The zero-order valence-electron chi connectivity index (χ0n) is 12.1. The molecule has 0 atom stereocenters. The quantitative estimate of drug-likeness (QED) is 0.833. The van der Waals surface area contributed by atoms with Crippen molar-refractivity contribution in [1.29, 1.82) is 0 Å². The SMILES string of the molecule is COc1cc(N2CCCCC2)c(OC)cc1C(=O)CN. The maximum absolute atomic E-state index is 11.9. The lowest BCUT2D eigenvalue weighted by Crippen LogP contribution is -2.30. The van der Waals surface area contributed by atoms with Gasteiger partial charge in [-0.2, -0.15) is 0 Å². The molecule has 110 valence electrons. The molecule has 0 unspecified atom stereocenters. The largest absolute Gasteiger partial charge is 0.496 e. The summed E-state index contributed by atoms with van der Waals surface area (Å²) in [4.78, 5) is 14.2. The average Bonchev–Trinajstić information content (AvgIpc) is 2.53. The Morgan fingerprint density at radius 1 is 1.15 bits per heavy atom. The van der Waals surface area contributed by atoms with E-state index in [1.807, 2.05) is 6.07 Å². The Morgan fingerprint density at radius 3 is 2.35 bits per heavy atom. The third-order valence-corrected chi connectivity index (χ3v) is 3.68. The van der Waals surface area contributed by atoms with Gasteiger partial charge in [0, 0.05) is 19.2 Å². The number of ketones is 1. The monoisotopic (exact) mass is 278 g/mol. The molecule has 0 aliphatic carbocycles. The number of hydrogen-bond acceptors (Lipinski definition) is 5. The lowest BCUT2D eigenvalue weighted by atomic mass is 10.1.